The van der Waals surface area contributed by atoms with Crippen LogP contribution in [0.3, 0.4) is 0 Å². The van der Waals surface area contributed by atoms with E-state index in [4.69, 9.17) is 5.11 Å². The Morgan fingerprint density at radius 2 is 2.00 bits per heavy atom. The van der Waals surface area contributed by atoms with Crippen LogP contribution >= 0.6 is 0 Å². The van der Waals surface area contributed by atoms with Gasteiger partial charge in [0, 0.05) is 17.0 Å². The minimum Gasteiger partial charge on any atom is -0.618 e. The van der Waals surface area contributed by atoms with E-state index in [0.717, 1.165) is 10.3 Å². The lowest BCUT2D eigenvalue weighted by Crippen LogP contribution is -2.29. The number of aryl methyl sites for hydroxylation is 2. The monoisotopic (exact) mass is 285 g/mol. The molecule has 0 radical (unpaired) electrons. The Labute approximate surface area is 113 Å². The first-order valence-electron chi connectivity index (χ1n) is 6.14. The third-order valence-corrected chi connectivity index (χ3v) is 3.12. The number of benzene rings is 1. The molecule has 0 saturated carbocycles. The highest BCUT2D eigenvalue weighted by Crippen LogP contribution is 2.24. The predicted octanol–water partition coefficient (Wildman–Crippen LogP) is 2.64. The lowest BCUT2D eigenvalue weighted by atomic mass is 10.0. The number of hydrogen-bond acceptors (Lipinski definition) is 2. The molecule has 1 aromatic heterocycles. The molecule has 20 heavy (non-hydrogen) atoms. The summed E-state index contributed by atoms with van der Waals surface area (Å²) in [5.74, 6) is 0. The second kappa shape index (κ2) is 5.28. The van der Waals surface area contributed by atoms with Crippen LogP contribution in [0.2, 0.25) is 0 Å². The molecule has 108 valence electrons. The maximum absolute atomic E-state index is 12.2. The van der Waals surface area contributed by atoms with Gasteiger partial charge in [-0.25, -0.2) is 0 Å². The molecule has 0 aliphatic heterocycles. The van der Waals surface area contributed by atoms with E-state index in [1.807, 2.05) is 0 Å². The number of hydrogen-bond donors (Lipinski definition) is 1. The zero-order valence-corrected chi connectivity index (χ0v) is 10.8. The first-order valence-corrected chi connectivity index (χ1v) is 6.14. The second-order valence-electron chi connectivity index (χ2n) is 4.83. The van der Waals surface area contributed by atoms with Gasteiger partial charge in [0.2, 0.25) is 5.52 Å². The second-order valence-corrected chi connectivity index (χ2v) is 4.83. The summed E-state index contributed by atoms with van der Waals surface area (Å²) in [6.45, 7) is 1.77. The van der Waals surface area contributed by atoms with Gasteiger partial charge in [-0.3, -0.25) is 0 Å². The molecule has 1 heterocycles. The van der Waals surface area contributed by atoms with Gasteiger partial charge in [0.25, 0.3) is 0 Å². The van der Waals surface area contributed by atoms with Crippen LogP contribution in [0.15, 0.2) is 30.5 Å². The minimum atomic E-state index is -4.59. The maximum atomic E-state index is 12.2. The minimum absolute atomic E-state index is 0.101. The van der Waals surface area contributed by atoms with Crippen LogP contribution in [0.4, 0.5) is 13.2 Å². The third kappa shape index (κ3) is 3.19. The number of pyridine rings is 1. The summed E-state index contributed by atoms with van der Waals surface area (Å²) >= 11 is 0. The Kier molecular flexibility index (Phi) is 3.85. The van der Waals surface area contributed by atoms with Crippen molar-refractivity contribution in [2.45, 2.75) is 32.0 Å². The molecule has 3 nitrogen and oxygen atoms in total. The maximum Gasteiger partial charge on any atom is 0.414 e. The van der Waals surface area contributed by atoms with Crippen molar-refractivity contribution in [3.05, 3.63) is 46.8 Å². The molecule has 6 heteroatoms. The molecule has 0 aliphatic rings. The van der Waals surface area contributed by atoms with Crippen LogP contribution in [0.25, 0.3) is 10.9 Å². The Balaban J connectivity index is 2.20. The fourth-order valence-electron chi connectivity index (χ4n) is 2.08. The molecule has 1 atom stereocenters. The Morgan fingerprint density at radius 3 is 2.65 bits per heavy atom. The van der Waals surface area contributed by atoms with Gasteiger partial charge in [0.05, 0.1) is 0 Å². The number of nitrogens with zero attached hydrogens (tertiary/aromatic N) is 1. The number of fused-ring (bicyclic) bond motifs is 1. The number of aliphatic hydroxyl groups excluding tert-OH is 1. The fraction of sp³-hybridized carbons (Fsp3) is 0.357. The van der Waals surface area contributed by atoms with E-state index >= 15 is 0 Å². The Bertz CT molecular complexity index is 626. The Hall–Kier alpha value is -1.82. The van der Waals surface area contributed by atoms with E-state index in [1.165, 1.54) is 6.20 Å². The summed E-state index contributed by atoms with van der Waals surface area (Å²) in [5, 5.41) is 21.3. The average Bonchev–Trinajstić information content (AvgIpc) is 2.33. The summed E-state index contributed by atoms with van der Waals surface area (Å²) in [6, 6.07) is 6.67. The van der Waals surface area contributed by atoms with Crippen molar-refractivity contribution in [2.24, 2.45) is 0 Å². The third-order valence-electron chi connectivity index (χ3n) is 3.12. The summed E-state index contributed by atoms with van der Waals surface area (Å²) in [6.07, 6.45) is -5.76. The van der Waals surface area contributed by atoms with Gasteiger partial charge < -0.3 is 10.3 Å². The van der Waals surface area contributed by atoms with Gasteiger partial charge in [0.1, 0.15) is 6.10 Å². The number of aromatic nitrogens is 1. The van der Waals surface area contributed by atoms with Crippen molar-refractivity contribution < 1.29 is 23.0 Å². The molecular formula is C14H14F3NO2. The molecule has 0 saturated heterocycles. The molecule has 0 bridgehead atoms. The molecule has 0 spiro atoms. The van der Waals surface area contributed by atoms with Gasteiger partial charge in [-0.15, -0.1) is 0 Å². The van der Waals surface area contributed by atoms with Crippen LogP contribution in [0, 0.1) is 12.1 Å². The highest BCUT2D eigenvalue weighted by molar-refractivity contribution is 5.77. The van der Waals surface area contributed by atoms with Gasteiger partial charge >= 0.3 is 6.18 Å². The van der Waals surface area contributed by atoms with Crippen LogP contribution in [0.1, 0.15) is 17.5 Å². The van der Waals surface area contributed by atoms with Gasteiger partial charge in [-0.05, 0) is 37.5 Å². The number of alkyl halides is 3. The number of aliphatic hydroxyl groups is 1. The van der Waals surface area contributed by atoms with Crippen molar-refractivity contribution in [3.8, 4) is 0 Å². The van der Waals surface area contributed by atoms with Gasteiger partial charge in [0.15, 0.2) is 6.20 Å². The van der Waals surface area contributed by atoms with Crippen LogP contribution in [0.5, 0.6) is 0 Å². The molecule has 0 amide bonds. The summed E-state index contributed by atoms with van der Waals surface area (Å²) in [4.78, 5) is 0. The average molecular weight is 285 g/mol. The van der Waals surface area contributed by atoms with Crippen LogP contribution in [-0.4, -0.2) is 17.4 Å². The lowest BCUT2D eigenvalue weighted by molar-refractivity contribution is -0.577. The van der Waals surface area contributed by atoms with E-state index in [0.29, 0.717) is 16.5 Å². The van der Waals surface area contributed by atoms with Crippen molar-refractivity contribution in [3.63, 3.8) is 0 Å². The normalized spacial score (nSPS) is 13.7. The highest BCUT2D eigenvalue weighted by atomic mass is 19.4. The number of halogens is 3. The van der Waals surface area contributed by atoms with Crippen LogP contribution < -0.4 is 4.73 Å². The zero-order valence-electron chi connectivity index (χ0n) is 10.8. The molecule has 1 N–H and O–H groups in total. The summed E-state index contributed by atoms with van der Waals surface area (Å²) < 4.78 is 37.4. The molecule has 1 aromatic carbocycles. The predicted molar refractivity (Wildman–Crippen MR) is 68.0 cm³/mol. The largest absolute Gasteiger partial charge is 0.618 e. The SMILES string of the molecule is Cc1cc2cc(CCC(O)C(F)(F)F)ccc2[n+]([O-])c1. The molecule has 2 rings (SSSR count). The van der Waals surface area contributed by atoms with E-state index in [2.05, 4.69) is 0 Å². The van der Waals surface area contributed by atoms with E-state index in [1.54, 1.807) is 31.2 Å². The zero-order chi connectivity index (χ0) is 14.9. The van der Waals surface area contributed by atoms with Crippen molar-refractivity contribution >= 4 is 10.9 Å². The van der Waals surface area contributed by atoms with Gasteiger partial charge in [-0.2, -0.15) is 17.9 Å². The van der Waals surface area contributed by atoms with E-state index in [9.17, 15) is 18.4 Å². The highest BCUT2D eigenvalue weighted by Gasteiger charge is 2.37. The van der Waals surface area contributed by atoms with Gasteiger partial charge in [-0.1, -0.05) is 6.07 Å². The molecule has 1 unspecified atom stereocenters. The lowest BCUT2D eigenvalue weighted by Gasteiger charge is -2.14. The smallest absolute Gasteiger partial charge is 0.414 e. The summed E-state index contributed by atoms with van der Waals surface area (Å²) in [5.41, 5.74) is 1.90. The fourth-order valence-corrected chi connectivity index (χ4v) is 2.08. The van der Waals surface area contributed by atoms with E-state index in [-0.39, 0.29) is 6.42 Å². The van der Waals surface area contributed by atoms with Crippen molar-refractivity contribution in [2.75, 3.05) is 0 Å². The van der Waals surface area contributed by atoms with Crippen LogP contribution in [-0.2, 0) is 6.42 Å². The topological polar surface area (TPSA) is 47.2 Å². The summed E-state index contributed by atoms with van der Waals surface area (Å²) in [7, 11) is 0. The Morgan fingerprint density at radius 1 is 1.30 bits per heavy atom. The molecule has 0 fully saturated rings. The molecule has 0 aliphatic carbocycles. The molecular weight excluding hydrogens is 271 g/mol. The van der Waals surface area contributed by atoms with Crippen molar-refractivity contribution in [1.82, 2.24) is 0 Å². The first-order chi connectivity index (χ1) is 9.27. The molecule has 2 aromatic rings. The standard InChI is InChI=1S/C14H14F3NO2/c1-9-6-11-7-10(2-4-12(11)18(20)8-9)3-5-13(19)14(15,16)17/h2,4,6-8,13,19H,3,5H2,1H3. The first kappa shape index (κ1) is 14.6. The number of rotatable bonds is 3. The van der Waals surface area contributed by atoms with Crippen molar-refractivity contribution in [1.29, 1.82) is 0 Å². The van der Waals surface area contributed by atoms with E-state index < -0.39 is 18.7 Å². The quantitative estimate of drug-likeness (QED) is 0.696.